The molecule has 1 aliphatic rings. The number of nitrogens with one attached hydrogen (secondary N) is 1. The van der Waals surface area contributed by atoms with Crippen LogP contribution in [0.5, 0.6) is 0 Å². The number of amides is 1. The van der Waals surface area contributed by atoms with E-state index in [4.69, 9.17) is 4.74 Å². The molecule has 0 saturated carbocycles. The monoisotopic (exact) mass is 360 g/mol. The van der Waals surface area contributed by atoms with E-state index in [0.717, 1.165) is 49.7 Å². The number of hydrogen-bond donors (Lipinski definition) is 1. The number of aromatic nitrogens is 2. The Balaban J connectivity index is 1.59. The van der Waals surface area contributed by atoms with Gasteiger partial charge in [-0.3, -0.25) is 14.7 Å². The Morgan fingerprint density at radius 3 is 3.16 bits per heavy atom. The molecule has 0 radical (unpaired) electrons. The van der Waals surface area contributed by atoms with Crippen LogP contribution in [0.2, 0.25) is 0 Å². The van der Waals surface area contributed by atoms with Gasteiger partial charge in [-0.15, -0.1) is 11.3 Å². The lowest BCUT2D eigenvalue weighted by Crippen LogP contribution is -2.32. The van der Waals surface area contributed by atoms with Crippen molar-refractivity contribution in [1.82, 2.24) is 14.9 Å². The second-order valence-corrected chi connectivity index (χ2v) is 7.52. The Kier molecular flexibility index (Phi) is 6.12. The molecule has 1 amide bonds. The van der Waals surface area contributed by atoms with E-state index in [1.165, 1.54) is 23.8 Å². The second kappa shape index (κ2) is 8.51. The van der Waals surface area contributed by atoms with Crippen molar-refractivity contribution in [2.75, 3.05) is 25.0 Å². The van der Waals surface area contributed by atoms with Crippen LogP contribution in [0.3, 0.4) is 0 Å². The number of thiazole rings is 1. The van der Waals surface area contributed by atoms with Crippen molar-refractivity contribution in [3.05, 3.63) is 40.7 Å². The number of anilines is 1. The summed E-state index contributed by atoms with van der Waals surface area (Å²) < 4.78 is 6.04. The number of pyridine rings is 1. The Morgan fingerprint density at radius 2 is 2.36 bits per heavy atom. The molecule has 1 unspecified atom stereocenters. The number of rotatable bonds is 5. The maximum atomic E-state index is 11.1. The van der Waals surface area contributed by atoms with Crippen molar-refractivity contribution in [3.8, 4) is 0 Å². The van der Waals surface area contributed by atoms with Gasteiger partial charge in [0.15, 0.2) is 5.13 Å². The van der Waals surface area contributed by atoms with E-state index < -0.39 is 0 Å². The third-order valence-electron chi connectivity index (χ3n) is 4.07. The minimum atomic E-state index is -0.0863. The van der Waals surface area contributed by atoms with Crippen LogP contribution in [0.25, 0.3) is 0 Å². The first-order valence-electron chi connectivity index (χ1n) is 8.56. The first kappa shape index (κ1) is 18.0. The summed E-state index contributed by atoms with van der Waals surface area (Å²) in [5.41, 5.74) is 2.31. The van der Waals surface area contributed by atoms with Gasteiger partial charge in [-0.05, 0) is 37.5 Å². The summed E-state index contributed by atoms with van der Waals surface area (Å²) in [6.45, 7) is 7.06. The Labute approximate surface area is 152 Å². The summed E-state index contributed by atoms with van der Waals surface area (Å²) in [5, 5.41) is 3.41. The molecule has 1 N–H and O–H groups in total. The minimum absolute atomic E-state index is 0.0863. The Morgan fingerprint density at radius 1 is 1.48 bits per heavy atom. The predicted octanol–water partition coefficient (Wildman–Crippen LogP) is 2.64. The Hall–Kier alpha value is -1.83. The van der Waals surface area contributed by atoms with E-state index in [1.54, 1.807) is 0 Å². The SMILES string of the molecule is CC(=O)Nc1ncc(CN2CCCOC(Cc3ccnc(C)c3)C2)s1. The van der Waals surface area contributed by atoms with Crippen LogP contribution in [0.1, 0.15) is 29.5 Å². The molecular formula is C18H24N4O2S. The third kappa shape index (κ3) is 5.59. The normalized spacial score (nSPS) is 18.7. The third-order valence-corrected chi connectivity index (χ3v) is 4.97. The minimum Gasteiger partial charge on any atom is -0.376 e. The van der Waals surface area contributed by atoms with Crippen LogP contribution in [0.4, 0.5) is 5.13 Å². The molecule has 2 aromatic rings. The fourth-order valence-electron chi connectivity index (χ4n) is 3.04. The largest absolute Gasteiger partial charge is 0.376 e. The van der Waals surface area contributed by atoms with E-state index in [2.05, 4.69) is 32.3 Å². The molecule has 2 aromatic heterocycles. The van der Waals surface area contributed by atoms with Gasteiger partial charge >= 0.3 is 0 Å². The summed E-state index contributed by atoms with van der Waals surface area (Å²) in [5.74, 6) is -0.0863. The molecule has 3 rings (SSSR count). The molecule has 0 aliphatic carbocycles. The molecule has 0 spiro atoms. The first-order valence-corrected chi connectivity index (χ1v) is 9.38. The lowest BCUT2D eigenvalue weighted by Gasteiger charge is -2.23. The average molecular weight is 360 g/mol. The number of carbonyl (C=O) groups is 1. The number of nitrogens with zero attached hydrogens (tertiary/aromatic N) is 3. The van der Waals surface area contributed by atoms with Crippen LogP contribution in [0, 0.1) is 6.92 Å². The molecule has 3 heterocycles. The molecule has 0 aromatic carbocycles. The summed E-state index contributed by atoms with van der Waals surface area (Å²) in [6, 6.07) is 4.19. The standard InChI is InChI=1S/C18H24N4O2S/c1-13-8-15(4-5-19-13)9-16-11-22(6-3-7-24-16)12-17-10-20-18(25-17)21-14(2)23/h4-5,8,10,16H,3,6-7,9,11-12H2,1-2H3,(H,20,21,23). The molecule has 6 nitrogen and oxygen atoms in total. The van der Waals surface area contributed by atoms with E-state index in [-0.39, 0.29) is 12.0 Å². The summed E-state index contributed by atoms with van der Waals surface area (Å²) >= 11 is 1.54. The van der Waals surface area contributed by atoms with Gasteiger partial charge in [0.2, 0.25) is 5.91 Å². The van der Waals surface area contributed by atoms with Gasteiger partial charge in [0.1, 0.15) is 0 Å². The maximum Gasteiger partial charge on any atom is 0.223 e. The lowest BCUT2D eigenvalue weighted by atomic mass is 10.1. The van der Waals surface area contributed by atoms with Gasteiger partial charge in [-0.1, -0.05) is 0 Å². The topological polar surface area (TPSA) is 67.4 Å². The smallest absolute Gasteiger partial charge is 0.223 e. The van der Waals surface area contributed by atoms with Crippen LogP contribution < -0.4 is 5.32 Å². The molecule has 25 heavy (non-hydrogen) atoms. The number of ether oxygens (including phenoxy) is 1. The predicted molar refractivity (Wildman–Crippen MR) is 98.7 cm³/mol. The average Bonchev–Trinajstić information content (AvgIpc) is 2.85. The highest BCUT2D eigenvalue weighted by atomic mass is 32.1. The van der Waals surface area contributed by atoms with Crippen molar-refractivity contribution >= 4 is 22.4 Å². The first-order chi connectivity index (χ1) is 12.1. The maximum absolute atomic E-state index is 11.1. The van der Waals surface area contributed by atoms with Crippen molar-refractivity contribution in [2.45, 2.75) is 39.3 Å². The van der Waals surface area contributed by atoms with Crippen molar-refractivity contribution in [2.24, 2.45) is 0 Å². The number of carbonyl (C=O) groups excluding carboxylic acids is 1. The molecule has 7 heteroatoms. The zero-order valence-corrected chi connectivity index (χ0v) is 15.5. The lowest BCUT2D eigenvalue weighted by molar-refractivity contribution is -0.114. The van der Waals surface area contributed by atoms with Crippen LogP contribution in [-0.4, -0.2) is 46.6 Å². The molecule has 1 atom stereocenters. The highest BCUT2D eigenvalue weighted by molar-refractivity contribution is 7.15. The van der Waals surface area contributed by atoms with Gasteiger partial charge in [-0.25, -0.2) is 4.98 Å². The Bertz CT molecular complexity index is 719. The molecule has 1 fully saturated rings. The summed E-state index contributed by atoms with van der Waals surface area (Å²) in [6.07, 6.45) is 5.83. The van der Waals surface area contributed by atoms with Gasteiger partial charge in [0.05, 0.1) is 6.10 Å². The zero-order valence-electron chi connectivity index (χ0n) is 14.7. The van der Waals surface area contributed by atoms with E-state index >= 15 is 0 Å². The fourth-order valence-corrected chi connectivity index (χ4v) is 3.94. The highest BCUT2D eigenvalue weighted by Crippen LogP contribution is 2.21. The summed E-state index contributed by atoms with van der Waals surface area (Å²) in [7, 11) is 0. The highest BCUT2D eigenvalue weighted by Gasteiger charge is 2.20. The van der Waals surface area contributed by atoms with Crippen LogP contribution >= 0.6 is 11.3 Å². The van der Waals surface area contributed by atoms with E-state index in [9.17, 15) is 4.79 Å². The van der Waals surface area contributed by atoms with E-state index in [1.807, 2.05) is 19.3 Å². The molecular weight excluding hydrogens is 336 g/mol. The number of aryl methyl sites for hydroxylation is 1. The molecule has 1 aliphatic heterocycles. The second-order valence-electron chi connectivity index (χ2n) is 6.40. The van der Waals surface area contributed by atoms with Gasteiger partial charge in [0.25, 0.3) is 0 Å². The van der Waals surface area contributed by atoms with Crippen molar-refractivity contribution in [3.63, 3.8) is 0 Å². The molecule has 134 valence electrons. The quantitative estimate of drug-likeness (QED) is 0.888. The zero-order chi connectivity index (χ0) is 17.6. The van der Waals surface area contributed by atoms with Gasteiger partial charge < -0.3 is 10.1 Å². The van der Waals surface area contributed by atoms with Crippen LogP contribution in [-0.2, 0) is 22.5 Å². The van der Waals surface area contributed by atoms with Gasteiger partial charge in [0, 0.05) is 56.1 Å². The number of hydrogen-bond acceptors (Lipinski definition) is 6. The van der Waals surface area contributed by atoms with Crippen LogP contribution in [0.15, 0.2) is 24.5 Å². The van der Waals surface area contributed by atoms with Gasteiger partial charge in [-0.2, -0.15) is 0 Å². The summed E-state index contributed by atoms with van der Waals surface area (Å²) in [4.78, 5) is 23.2. The van der Waals surface area contributed by atoms with E-state index in [0.29, 0.717) is 5.13 Å². The molecule has 0 bridgehead atoms. The molecule has 1 saturated heterocycles. The van der Waals surface area contributed by atoms with Crippen molar-refractivity contribution < 1.29 is 9.53 Å². The van der Waals surface area contributed by atoms with Crippen molar-refractivity contribution in [1.29, 1.82) is 0 Å². The fraction of sp³-hybridized carbons (Fsp3) is 0.500.